The molecule has 0 fully saturated rings. The van der Waals surface area contributed by atoms with Crippen molar-refractivity contribution in [2.75, 3.05) is 5.32 Å². The monoisotopic (exact) mass is 465 g/mol. The number of rotatable bonds is 7. The fraction of sp³-hybridized carbons (Fsp3) is 0.115. The molecule has 1 aromatic carbocycles. The largest absolute Gasteiger partial charge is 0.437 e. The quantitative estimate of drug-likeness (QED) is 0.334. The van der Waals surface area contributed by atoms with E-state index in [4.69, 9.17) is 9.72 Å². The molecule has 5 aromatic rings. The number of pyridine rings is 1. The molecule has 0 atom stereocenters. The van der Waals surface area contributed by atoms with Gasteiger partial charge in [0.05, 0.1) is 24.1 Å². The first-order chi connectivity index (χ1) is 17.0. The summed E-state index contributed by atoms with van der Waals surface area (Å²) in [6.07, 6.45) is 8.43. The van der Waals surface area contributed by atoms with E-state index in [-0.39, 0.29) is 5.91 Å². The van der Waals surface area contributed by atoms with Crippen molar-refractivity contribution in [3.63, 3.8) is 0 Å². The number of aryl methyl sites for hydroxylation is 2. The van der Waals surface area contributed by atoms with E-state index in [1.807, 2.05) is 43.2 Å². The highest BCUT2D eigenvalue weighted by Crippen LogP contribution is 2.31. The van der Waals surface area contributed by atoms with E-state index in [1.165, 1.54) is 6.08 Å². The van der Waals surface area contributed by atoms with E-state index in [0.29, 0.717) is 35.0 Å². The van der Waals surface area contributed by atoms with Gasteiger partial charge in [-0.3, -0.25) is 14.5 Å². The smallest absolute Gasteiger partial charge is 0.247 e. The molecule has 4 aromatic heterocycles. The van der Waals surface area contributed by atoms with Crippen LogP contribution in [0, 0.1) is 13.8 Å². The first-order valence-corrected chi connectivity index (χ1v) is 11.0. The standard InChI is InChI=1S/C26H23N7O2/c1-4-23(34)30-18-6-5-7-20(11-18)35-24-13-29-26-25(31-24)21(12-28-26)22-15-33(32-17(22)3)14-19-10-16(2)8-9-27-19/h4-13,15H,1,14H2,2-3H3,(H,28,29)(H,30,34). The van der Waals surface area contributed by atoms with Gasteiger partial charge >= 0.3 is 0 Å². The Kier molecular flexibility index (Phi) is 5.80. The van der Waals surface area contributed by atoms with E-state index in [1.54, 1.807) is 30.5 Å². The highest BCUT2D eigenvalue weighted by Gasteiger charge is 2.16. The Bertz CT molecular complexity index is 1550. The molecule has 0 spiro atoms. The number of aromatic amines is 1. The van der Waals surface area contributed by atoms with Crippen molar-refractivity contribution in [2.24, 2.45) is 0 Å². The van der Waals surface area contributed by atoms with Crippen LogP contribution in [0.15, 0.2) is 73.8 Å². The molecule has 5 rings (SSSR count). The van der Waals surface area contributed by atoms with Gasteiger partial charge in [0.1, 0.15) is 11.3 Å². The summed E-state index contributed by atoms with van der Waals surface area (Å²) in [6.45, 7) is 8.04. The summed E-state index contributed by atoms with van der Waals surface area (Å²) < 4.78 is 7.81. The van der Waals surface area contributed by atoms with Crippen LogP contribution in [0.5, 0.6) is 11.6 Å². The topological polar surface area (TPSA) is 111 Å². The first kappa shape index (κ1) is 22.0. The molecule has 0 unspecified atom stereocenters. The fourth-order valence-electron chi connectivity index (χ4n) is 3.80. The zero-order valence-electron chi connectivity index (χ0n) is 19.3. The SMILES string of the molecule is C=CC(=O)Nc1cccc(Oc2cnc3[nH]cc(-c4cn(Cc5cc(C)ccn5)nc4C)c3n2)c1. The number of aromatic nitrogens is 6. The summed E-state index contributed by atoms with van der Waals surface area (Å²) in [5.41, 5.74) is 6.72. The van der Waals surface area contributed by atoms with Gasteiger partial charge in [-0.1, -0.05) is 12.6 Å². The fourth-order valence-corrected chi connectivity index (χ4v) is 3.80. The molecule has 174 valence electrons. The van der Waals surface area contributed by atoms with E-state index in [9.17, 15) is 4.79 Å². The maximum Gasteiger partial charge on any atom is 0.247 e. The molecule has 1 amide bonds. The molecule has 0 aliphatic rings. The number of amides is 1. The average molecular weight is 466 g/mol. The van der Waals surface area contributed by atoms with Crippen LogP contribution < -0.4 is 10.1 Å². The van der Waals surface area contributed by atoms with E-state index in [2.05, 4.69) is 38.0 Å². The lowest BCUT2D eigenvalue weighted by Crippen LogP contribution is -2.07. The molecular formula is C26H23N7O2. The Labute approximate surface area is 201 Å². The molecule has 4 heterocycles. The molecule has 2 N–H and O–H groups in total. The van der Waals surface area contributed by atoms with Gasteiger partial charge in [-0.15, -0.1) is 0 Å². The van der Waals surface area contributed by atoms with Crippen molar-refractivity contribution in [1.82, 2.24) is 29.7 Å². The van der Waals surface area contributed by atoms with E-state index >= 15 is 0 Å². The predicted octanol–water partition coefficient (Wildman–Crippen LogP) is 4.80. The molecule has 0 aliphatic carbocycles. The third-order valence-electron chi connectivity index (χ3n) is 5.40. The van der Waals surface area contributed by atoms with Gasteiger partial charge in [0.2, 0.25) is 11.8 Å². The van der Waals surface area contributed by atoms with E-state index in [0.717, 1.165) is 28.1 Å². The third-order valence-corrected chi connectivity index (χ3v) is 5.40. The Hall–Kier alpha value is -4.79. The van der Waals surface area contributed by atoms with Crippen molar-refractivity contribution >= 4 is 22.8 Å². The second-order valence-corrected chi connectivity index (χ2v) is 8.08. The van der Waals surface area contributed by atoms with Crippen LogP contribution in [0.3, 0.4) is 0 Å². The molecule has 0 saturated carbocycles. The van der Waals surface area contributed by atoms with Gasteiger partial charge in [-0.05, 0) is 49.8 Å². The molecule has 0 bridgehead atoms. The summed E-state index contributed by atoms with van der Waals surface area (Å²) in [7, 11) is 0. The number of anilines is 1. The maximum absolute atomic E-state index is 11.6. The van der Waals surface area contributed by atoms with Crippen molar-refractivity contribution < 1.29 is 9.53 Å². The second-order valence-electron chi connectivity index (χ2n) is 8.08. The van der Waals surface area contributed by atoms with Gasteiger partial charge in [0.15, 0.2) is 5.65 Å². The minimum absolute atomic E-state index is 0.297. The van der Waals surface area contributed by atoms with Crippen LogP contribution in [0.25, 0.3) is 22.3 Å². The normalized spacial score (nSPS) is 10.9. The van der Waals surface area contributed by atoms with Crippen LogP contribution in [-0.2, 0) is 11.3 Å². The average Bonchev–Trinajstić information content (AvgIpc) is 3.41. The van der Waals surface area contributed by atoms with Crippen LogP contribution in [0.2, 0.25) is 0 Å². The van der Waals surface area contributed by atoms with E-state index < -0.39 is 0 Å². The number of nitrogens with zero attached hydrogens (tertiary/aromatic N) is 5. The molecule has 9 nitrogen and oxygen atoms in total. The van der Waals surface area contributed by atoms with Crippen LogP contribution in [-0.4, -0.2) is 35.6 Å². The van der Waals surface area contributed by atoms with Crippen molar-refractivity contribution in [2.45, 2.75) is 20.4 Å². The number of hydrogen-bond acceptors (Lipinski definition) is 6. The summed E-state index contributed by atoms with van der Waals surface area (Å²) in [5.74, 6) is 0.557. The van der Waals surface area contributed by atoms with Gasteiger partial charge in [0.25, 0.3) is 0 Å². The van der Waals surface area contributed by atoms with Gasteiger partial charge in [0, 0.05) is 41.5 Å². The number of nitrogens with one attached hydrogen (secondary N) is 2. The zero-order chi connectivity index (χ0) is 24.4. The molecule has 0 radical (unpaired) electrons. The maximum atomic E-state index is 11.6. The number of hydrogen-bond donors (Lipinski definition) is 2. The number of ether oxygens (including phenoxy) is 1. The summed E-state index contributed by atoms with van der Waals surface area (Å²) in [5, 5.41) is 7.38. The van der Waals surface area contributed by atoms with Crippen molar-refractivity contribution in [3.8, 4) is 22.8 Å². The van der Waals surface area contributed by atoms with Crippen LogP contribution >= 0.6 is 0 Å². The summed E-state index contributed by atoms with van der Waals surface area (Å²) >= 11 is 0. The number of H-pyrrole nitrogens is 1. The third kappa shape index (κ3) is 4.79. The summed E-state index contributed by atoms with van der Waals surface area (Å²) in [4.78, 5) is 28.3. The van der Waals surface area contributed by atoms with Gasteiger partial charge < -0.3 is 15.0 Å². The lowest BCUT2D eigenvalue weighted by molar-refractivity contribution is -0.111. The highest BCUT2D eigenvalue weighted by molar-refractivity contribution is 5.99. The highest BCUT2D eigenvalue weighted by atomic mass is 16.5. The molecular weight excluding hydrogens is 442 g/mol. The lowest BCUT2D eigenvalue weighted by Gasteiger charge is -2.07. The summed E-state index contributed by atoms with van der Waals surface area (Å²) in [6, 6.07) is 11.1. The minimum atomic E-state index is -0.297. The van der Waals surface area contributed by atoms with Crippen LogP contribution in [0.1, 0.15) is 17.0 Å². The van der Waals surface area contributed by atoms with Gasteiger partial charge in [-0.25, -0.2) is 9.97 Å². The Balaban J connectivity index is 1.42. The van der Waals surface area contributed by atoms with Crippen molar-refractivity contribution in [3.05, 3.63) is 90.8 Å². The number of carbonyl (C=O) groups is 1. The van der Waals surface area contributed by atoms with Crippen molar-refractivity contribution in [1.29, 1.82) is 0 Å². The predicted molar refractivity (Wildman–Crippen MR) is 133 cm³/mol. The lowest BCUT2D eigenvalue weighted by atomic mass is 10.1. The molecule has 0 saturated heterocycles. The zero-order valence-corrected chi connectivity index (χ0v) is 19.3. The Morgan fingerprint density at radius 1 is 1.20 bits per heavy atom. The number of benzene rings is 1. The minimum Gasteiger partial charge on any atom is -0.437 e. The van der Waals surface area contributed by atoms with Crippen LogP contribution in [0.4, 0.5) is 5.69 Å². The number of carbonyl (C=O) groups excluding carboxylic acids is 1. The Morgan fingerprint density at radius 2 is 2.09 bits per heavy atom. The molecule has 9 heteroatoms. The van der Waals surface area contributed by atoms with Gasteiger partial charge in [-0.2, -0.15) is 5.10 Å². The second kappa shape index (κ2) is 9.22. The molecule has 35 heavy (non-hydrogen) atoms. The number of fused-ring (bicyclic) bond motifs is 1. The Morgan fingerprint density at radius 3 is 2.91 bits per heavy atom. The first-order valence-electron chi connectivity index (χ1n) is 11.0. The molecule has 0 aliphatic heterocycles.